The number of nitrogens with one attached hydrogen (secondary N) is 1. The highest BCUT2D eigenvalue weighted by atomic mass is 32.2. The van der Waals surface area contributed by atoms with Crippen LogP contribution in [0.1, 0.15) is 12.5 Å². The van der Waals surface area contributed by atoms with Gasteiger partial charge in [-0.1, -0.05) is 37.3 Å². The minimum atomic E-state index is 1.05. The molecule has 0 aliphatic heterocycles. The third-order valence-corrected chi connectivity index (χ3v) is 2.51. The number of hydrogen-bond donors (Lipinski definition) is 1. The molecule has 0 saturated carbocycles. The Morgan fingerprint density at radius 2 is 2.00 bits per heavy atom. The largest absolute Gasteiger partial charge is 0.308 e. The summed E-state index contributed by atoms with van der Waals surface area (Å²) in [5.41, 5.74) is 1.40. The second-order valence-electron chi connectivity index (χ2n) is 2.58. The average Bonchev–Trinajstić information content (AvgIpc) is 2.14. The third kappa shape index (κ3) is 3.79. The summed E-state index contributed by atoms with van der Waals surface area (Å²) in [6.07, 6.45) is 0. The van der Waals surface area contributed by atoms with Crippen molar-refractivity contribution in [1.82, 2.24) is 5.32 Å². The van der Waals surface area contributed by atoms with E-state index in [9.17, 15) is 0 Å². The Morgan fingerprint density at radius 1 is 1.25 bits per heavy atom. The van der Waals surface area contributed by atoms with Crippen molar-refractivity contribution in [2.24, 2.45) is 0 Å². The summed E-state index contributed by atoms with van der Waals surface area (Å²) >= 11 is 1.92. The second kappa shape index (κ2) is 6.09. The van der Waals surface area contributed by atoms with Crippen molar-refractivity contribution in [2.75, 3.05) is 12.4 Å². The molecule has 0 bridgehead atoms. The Morgan fingerprint density at radius 3 is 2.67 bits per heavy atom. The van der Waals surface area contributed by atoms with Gasteiger partial charge in [0, 0.05) is 11.6 Å². The van der Waals surface area contributed by atoms with E-state index in [4.69, 9.17) is 0 Å². The van der Waals surface area contributed by atoms with Gasteiger partial charge in [0.1, 0.15) is 0 Å². The summed E-state index contributed by atoms with van der Waals surface area (Å²) in [5, 5.41) is 3.28. The molecule has 66 valence electrons. The zero-order valence-electron chi connectivity index (χ0n) is 7.42. The molecular formula is C10H15NS. The van der Waals surface area contributed by atoms with Crippen LogP contribution in [0.3, 0.4) is 0 Å². The van der Waals surface area contributed by atoms with Crippen molar-refractivity contribution in [2.45, 2.75) is 12.7 Å². The highest BCUT2D eigenvalue weighted by molar-refractivity contribution is 7.98. The molecule has 0 radical (unpaired) electrons. The molecular weight excluding hydrogens is 166 g/mol. The predicted octanol–water partition coefficient (Wildman–Crippen LogP) is 2.49. The van der Waals surface area contributed by atoms with E-state index in [0.29, 0.717) is 0 Å². The average molecular weight is 181 g/mol. The lowest BCUT2D eigenvalue weighted by atomic mass is 10.2. The summed E-state index contributed by atoms with van der Waals surface area (Å²) in [6, 6.07) is 10.6. The van der Waals surface area contributed by atoms with Gasteiger partial charge in [-0.2, -0.15) is 0 Å². The first-order valence-electron chi connectivity index (χ1n) is 4.26. The first-order chi connectivity index (χ1) is 5.93. The van der Waals surface area contributed by atoms with Gasteiger partial charge in [-0.25, -0.2) is 0 Å². The molecule has 1 nitrogen and oxygen atoms in total. The fourth-order valence-corrected chi connectivity index (χ4v) is 1.80. The molecule has 0 aliphatic rings. The van der Waals surface area contributed by atoms with Gasteiger partial charge in [-0.05, 0) is 12.1 Å². The minimum Gasteiger partial charge on any atom is -0.308 e. The third-order valence-electron chi connectivity index (χ3n) is 1.57. The van der Waals surface area contributed by atoms with E-state index < -0.39 is 0 Å². The van der Waals surface area contributed by atoms with E-state index in [1.807, 2.05) is 11.8 Å². The van der Waals surface area contributed by atoms with Crippen molar-refractivity contribution in [1.29, 1.82) is 0 Å². The standard InChI is InChI=1S/C10H15NS/c1-2-11-9-12-8-10-6-4-3-5-7-10/h3-7,11H,2,8-9H2,1H3. The molecule has 1 N–H and O–H groups in total. The van der Waals surface area contributed by atoms with Gasteiger partial charge in [0.2, 0.25) is 0 Å². The van der Waals surface area contributed by atoms with Crippen LogP contribution in [0.2, 0.25) is 0 Å². The molecule has 1 rings (SSSR count). The van der Waals surface area contributed by atoms with Crippen LogP contribution in [-0.4, -0.2) is 12.4 Å². The Kier molecular flexibility index (Phi) is 4.88. The lowest BCUT2D eigenvalue weighted by Gasteiger charge is -2.01. The number of hydrogen-bond acceptors (Lipinski definition) is 2. The molecule has 0 spiro atoms. The first kappa shape index (κ1) is 9.62. The van der Waals surface area contributed by atoms with Crippen LogP contribution in [0.15, 0.2) is 30.3 Å². The van der Waals surface area contributed by atoms with Crippen molar-refractivity contribution in [3.63, 3.8) is 0 Å². The zero-order chi connectivity index (χ0) is 8.65. The molecule has 12 heavy (non-hydrogen) atoms. The van der Waals surface area contributed by atoms with E-state index >= 15 is 0 Å². The smallest absolute Gasteiger partial charge is 0.0421 e. The molecule has 2 heteroatoms. The summed E-state index contributed by atoms with van der Waals surface area (Å²) in [7, 11) is 0. The monoisotopic (exact) mass is 181 g/mol. The Balaban J connectivity index is 2.16. The van der Waals surface area contributed by atoms with E-state index in [0.717, 1.165) is 18.2 Å². The lowest BCUT2D eigenvalue weighted by Crippen LogP contribution is -2.10. The Hall–Kier alpha value is -0.470. The van der Waals surface area contributed by atoms with Gasteiger partial charge in [-0.15, -0.1) is 11.8 Å². The maximum atomic E-state index is 3.28. The molecule has 0 heterocycles. The quantitative estimate of drug-likeness (QED) is 0.553. The van der Waals surface area contributed by atoms with Crippen LogP contribution < -0.4 is 5.32 Å². The van der Waals surface area contributed by atoms with E-state index in [-0.39, 0.29) is 0 Å². The van der Waals surface area contributed by atoms with Gasteiger partial charge < -0.3 is 5.32 Å². The zero-order valence-corrected chi connectivity index (χ0v) is 8.23. The van der Waals surface area contributed by atoms with E-state index in [2.05, 4.69) is 42.6 Å². The second-order valence-corrected chi connectivity index (χ2v) is 3.57. The normalized spacial score (nSPS) is 10.1. The summed E-state index contributed by atoms with van der Waals surface area (Å²) in [6.45, 7) is 3.19. The van der Waals surface area contributed by atoms with Crippen LogP contribution in [0, 0.1) is 0 Å². The molecule has 0 saturated heterocycles. The summed E-state index contributed by atoms with van der Waals surface area (Å²) in [5.74, 6) is 2.15. The molecule has 1 aromatic rings. The van der Waals surface area contributed by atoms with Gasteiger partial charge in [-0.3, -0.25) is 0 Å². The molecule has 0 aliphatic carbocycles. The highest BCUT2D eigenvalue weighted by Gasteiger charge is 1.89. The first-order valence-corrected chi connectivity index (χ1v) is 5.41. The van der Waals surface area contributed by atoms with Gasteiger partial charge in [0.05, 0.1) is 0 Å². The molecule has 0 unspecified atom stereocenters. The maximum absolute atomic E-state index is 3.28. The fraction of sp³-hybridized carbons (Fsp3) is 0.400. The topological polar surface area (TPSA) is 12.0 Å². The summed E-state index contributed by atoms with van der Waals surface area (Å²) in [4.78, 5) is 0. The van der Waals surface area contributed by atoms with Crippen LogP contribution in [-0.2, 0) is 5.75 Å². The van der Waals surface area contributed by atoms with Crippen molar-refractivity contribution in [3.05, 3.63) is 35.9 Å². The number of benzene rings is 1. The van der Waals surface area contributed by atoms with Crippen molar-refractivity contribution >= 4 is 11.8 Å². The molecule has 1 aromatic carbocycles. The van der Waals surface area contributed by atoms with Crippen molar-refractivity contribution < 1.29 is 0 Å². The van der Waals surface area contributed by atoms with Crippen LogP contribution >= 0.6 is 11.8 Å². The molecule has 0 aromatic heterocycles. The van der Waals surface area contributed by atoms with Gasteiger partial charge in [0.25, 0.3) is 0 Å². The fourth-order valence-electron chi connectivity index (χ4n) is 0.917. The number of thioether (sulfide) groups is 1. The Bertz CT molecular complexity index is 198. The highest BCUT2D eigenvalue weighted by Crippen LogP contribution is 2.09. The van der Waals surface area contributed by atoms with E-state index in [1.54, 1.807) is 0 Å². The summed E-state index contributed by atoms with van der Waals surface area (Å²) < 4.78 is 0. The molecule has 0 amide bonds. The van der Waals surface area contributed by atoms with Crippen LogP contribution in [0.25, 0.3) is 0 Å². The van der Waals surface area contributed by atoms with Crippen molar-refractivity contribution in [3.8, 4) is 0 Å². The van der Waals surface area contributed by atoms with Crippen LogP contribution in [0.5, 0.6) is 0 Å². The maximum Gasteiger partial charge on any atom is 0.0421 e. The van der Waals surface area contributed by atoms with E-state index in [1.165, 1.54) is 5.56 Å². The van der Waals surface area contributed by atoms with Gasteiger partial charge in [0.15, 0.2) is 0 Å². The predicted molar refractivity (Wildman–Crippen MR) is 56.3 cm³/mol. The Labute approximate surface area is 78.6 Å². The van der Waals surface area contributed by atoms with Gasteiger partial charge >= 0.3 is 0 Å². The SMILES string of the molecule is CCNCSCc1ccccc1. The lowest BCUT2D eigenvalue weighted by molar-refractivity contribution is 0.839. The minimum absolute atomic E-state index is 1.05. The van der Waals surface area contributed by atoms with Crippen LogP contribution in [0.4, 0.5) is 0 Å². The molecule has 0 fully saturated rings. The number of rotatable bonds is 5. The molecule has 0 atom stereocenters.